The van der Waals surface area contributed by atoms with Gasteiger partial charge in [-0.15, -0.1) is 0 Å². The smallest absolute Gasteiger partial charge is 0.134 e. The van der Waals surface area contributed by atoms with Crippen LogP contribution in [0.15, 0.2) is 6.07 Å². The van der Waals surface area contributed by atoms with E-state index in [2.05, 4.69) is 46.1 Å². The Bertz CT molecular complexity index is 364. The minimum atomic E-state index is 0.808. The number of nitrogens with zero attached hydrogens (tertiary/aromatic N) is 4. The molecule has 0 aromatic carbocycles. The van der Waals surface area contributed by atoms with Crippen molar-refractivity contribution >= 4 is 11.6 Å². The van der Waals surface area contributed by atoms with Gasteiger partial charge in [0.2, 0.25) is 0 Å². The molecule has 1 aromatic heterocycles. The molecule has 0 aliphatic rings. The Labute approximate surface area is 110 Å². The van der Waals surface area contributed by atoms with Crippen molar-refractivity contribution in [2.45, 2.75) is 20.3 Å². The quantitative estimate of drug-likeness (QED) is 0.797. The standard InChI is InChI=1S/C13H25N5/c1-6-18(9-7-8-17(4)5)13-10-12(14-3)15-11(2)16-13/h10H,6-9H2,1-5H3,(H,14,15,16). The molecule has 1 heterocycles. The van der Waals surface area contributed by atoms with Gasteiger partial charge in [0.15, 0.2) is 0 Å². The zero-order valence-corrected chi connectivity index (χ0v) is 12.2. The third-order valence-corrected chi connectivity index (χ3v) is 2.82. The number of rotatable bonds is 7. The average molecular weight is 251 g/mol. The monoisotopic (exact) mass is 251 g/mol. The molecule has 0 saturated carbocycles. The number of anilines is 2. The maximum Gasteiger partial charge on any atom is 0.134 e. The van der Waals surface area contributed by atoms with Crippen LogP contribution in [-0.4, -0.2) is 55.6 Å². The van der Waals surface area contributed by atoms with Gasteiger partial charge in [0.1, 0.15) is 17.5 Å². The molecule has 1 N–H and O–H groups in total. The summed E-state index contributed by atoms with van der Waals surface area (Å²) < 4.78 is 0. The van der Waals surface area contributed by atoms with Crippen LogP contribution < -0.4 is 10.2 Å². The predicted molar refractivity (Wildman–Crippen MR) is 77.4 cm³/mol. The van der Waals surface area contributed by atoms with Crippen molar-refractivity contribution in [1.29, 1.82) is 0 Å². The third-order valence-electron chi connectivity index (χ3n) is 2.82. The highest BCUT2D eigenvalue weighted by Crippen LogP contribution is 2.15. The second-order valence-electron chi connectivity index (χ2n) is 4.65. The first kappa shape index (κ1) is 14.7. The van der Waals surface area contributed by atoms with Gasteiger partial charge in [0.25, 0.3) is 0 Å². The Balaban J connectivity index is 2.71. The highest BCUT2D eigenvalue weighted by Gasteiger charge is 2.08. The molecule has 5 heteroatoms. The first-order valence-corrected chi connectivity index (χ1v) is 6.50. The van der Waals surface area contributed by atoms with Gasteiger partial charge in [-0.05, 0) is 40.9 Å². The van der Waals surface area contributed by atoms with Crippen molar-refractivity contribution in [3.8, 4) is 0 Å². The minimum Gasteiger partial charge on any atom is -0.373 e. The van der Waals surface area contributed by atoms with E-state index in [0.717, 1.165) is 43.5 Å². The molecule has 0 fully saturated rings. The van der Waals surface area contributed by atoms with E-state index < -0.39 is 0 Å². The Morgan fingerprint density at radius 2 is 1.94 bits per heavy atom. The van der Waals surface area contributed by atoms with Crippen molar-refractivity contribution < 1.29 is 0 Å². The molecule has 0 spiro atoms. The zero-order valence-electron chi connectivity index (χ0n) is 12.2. The number of hydrogen-bond acceptors (Lipinski definition) is 5. The van der Waals surface area contributed by atoms with E-state index in [1.807, 2.05) is 20.0 Å². The molecule has 18 heavy (non-hydrogen) atoms. The van der Waals surface area contributed by atoms with Gasteiger partial charge in [-0.1, -0.05) is 0 Å². The molecule has 0 aliphatic heterocycles. The summed E-state index contributed by atoms with van der Waals surface area (Å²) in [6.07, 6.45) is 1.14. The van der Waals surface area contributed by atoms with Crippen molar-refractivity contribution in [2.75, 3.05) is 51.0 Å². The van der Waals surface area contributed by atoms with Gasteiger partial charge in [0.05, 0.1) is 0 Å². The van der Waals surface area contributed by atoms with E-state index in [0.29, 0.717) is 0 Å². The summed E-state index contributed by atoms with van der Waals surface area (Å²) in [6.45, 7) is 7.17. The molecule has 1 rings (SSSR count). The summed E-state index contributed by atoms with van der Waals surface area (Å²) in [5, 5.41) is 3.08. The summed E-state index contributed by atoms with van der Waals surface area (Å²) in [4.78, 5) is 13.3. The van der Waals surface area contributed by atoms with E-state index >= 15 is 0 Å². The molecule has 0 radical (unpaired) electrons. The normalized spacial score (nSPS) is 10.8. The van der Waals surface area contributed by atoms with Gasteiger partial charge in [0, 0.05) is 26.2 Å². The summed E-state index contributed by atoms with van der Waals surface area (Å²) in [5.41, 5.74) is 0. The Hall–Kier alpha value is -1.36. The predicted octanol–water partition coefficient (Wildman–Crippen LogP) is 1.60. The highest BCUT2D eigenvalue weighted by atomic mass is 15.2. The Morgan fingerprint density at radius 1 is 1.22 bits per heavy atom. The lowest BCUT2D eigenvalue weighted by atomic mass is 10.3. The molecule has 0 amide bonds. The van der Waals surface area contributed by atoms with Crippen LogP contribution in [0.2, 0.25) is 0 Å². The van der Waals surface area contributed by atoms with Crippen LogP contribution in [-0.2, 0) is 0 Å². The fraction of sp³-hybridized carbons (Fsp3) is 0.692. The zero-order chi connectivity index (χ0) is 13.5. The van der Waals surface area contributed by atoms with E-state index in [9.17, 15) is 0 Å². The number of nitrogens with one attached hydrogen (secondary N) is 1. The molecular weight excluding hydrogens is 226 g/mol. The Morgan fingerprint density at radius 3 is 2.50 bits per heavy atom. The SMILES string of the molecule is CCN(CCCN(C)C)c1cc(NC)nc(C)n1. The molecular formula is C13H25N5. The molecule has 5 nitrogen and oxygen atoms in total. The highest BCUT2D eigenvalue weighted by molar-refractivity contribution is 5.48. The van der Waals surface area contributed by atoms with Gasteiger partial charge in [-0.2, -0.15) is 0 Å². The lowest BCUT2D eigenvalue weighted by Gasteiger charge is -2.23. The first-order valence-electron chi connectivity index (χ1n) is 6.50. The number of aromatic nitrogens is 2. The maximum absolute atomic E-state index is 4.51. The average Bonchev–Trinajstić information content (AvgIpc) is 2.33. The fourth-order valence-corrected chi connectivity index (χ4v) is 1.85. The fourth-order valence-electron chi connectivity index (χ4n) is 1.85. The molecule has 0 unspecified atom stereocenters. The lowest BCUT2D eigenvalue weighted by molar-refractivity contribution is 0.400. The first-order chi connectivity index (χ1) is 8.56. The van der Waals surface area contributed by atoms with E-state index in [-0.39, 0.29) is 0 Å². The topological polar surface area (TPSA) is 44.3 Å². The van der Waals surface area contributed by atoms with Crippen LogP contribution in [0.25, 0.3) is 0 Å². The molecule has 0 aliphatic carbocycles. The molecule has 102 valence electrons. The summed E-state index contributed by atoms with van der Waals surface area (Å²) in [6, 6.07) is 2.01. The van der Waals surface area contributed by atoms with Crippen LogP contribution in [0.4, 0.5) is 11.6 Å². The maximum atomic E-state index is 4.51. The lowest BCUT2D eigenvalue weighted by Crippen LogP contribution is -2.28. The van der Waals surface area contributed by atoms with Crippen molar-refractivity contribution in [2.24, 2.45) is 0 Å². The van der Waals surface area contributed by atoms with Gasteiger partial charge in [-0.3, -0.25) is 0 Å². The molecule has 0 bridgehead atoms. The number of aryl methyl sites for hydroxylation is 1. The summed E-state index contributed by atoms with van der Waals surface area (Å²) >= 11 is 0. The number of hydrogen-bond donors (Lipinski definition) is 1. The van der Waals surface area contributed by atoms with Gasteiger partial charge < -0.3 is 15.1 Å². The second-order valence-corrected chi connectivity index (χ2v) is 4.65. The second kappa shape index (κ2) is 7.16. The molecule has 0 atom stereocenters. The van der Waals surface area contributed by atoms with Gasteiger partial charge in [-0.25, -0.2) is 9.97 Å². The van der Waals surface area contributed by atoms with Crippen LogP contribution in [0, 0.1) is 6.92 Å². The van der Waals surface area contributed by atoms with Crippen molar-refractivity contribution in [1.82, 2.24) is 14.9 Å². The van der Waals surface area contributed by atoms with Gasteiger partial charge >= 0.3 is 0 Å². The van der Waals surface area contributed by atoms with E-state index in [4.69, 9.17) is 0 Å². The van der Waals surface area contributed by atoms with E-state index in [1.54, 1.807) is 0 Å². The van der Waals surface area contributed by atoms with Crippen LogP contribution >= 0.6 is 0 Å². The molecule has 1 aromatic rings. The largest absolute Gasteiger partial charge is 0.373 e. The third kappa shape index (κ3) is 4.49. The molecule has 0 saturated heterocycles. The van der Waals surface area contributed by atoms with Crippen molar-refractivity contribution in [3.63, 3.8) is 0 Å². The van der Waals surface area contributed by atoms with Crippen molar-refractivity contribution in [3.05, 3.63) is 11.9 Å². The summed E-state index contributed by atoms with van der Waals surface area (Å²) in [5.74, 6) is 2.69. The van der Waals surface area contributed by atoms with E-state index in [1.165, 1.54) is 0 Å². The summed E-state index contributed by atoms with van der Waals surface area (Å²) in [7, 11) is 6.09. The van der Waals surface area contributed by atoms with Crippen LogP contribution in [0.3, 0.4) is 0 Å². The van der Waals surface area contributed by atoms with Crippen LogP contribution in [0.5, 0.6) is 0 Å². The minimum absolute atomic E-state index is 0.808. The van der Waals surface area contributed by atoms with Crippen LogP contribution in [0.1, 0.15) is 19.2 Å². The Kier molecular flexibility index (Phi) is 5.85.